The summed E-state index contributed by atoms with van der Waals surface area (Å²) < 4.78 is 5.41. The van der Waals surface area contributed by atoms with Crippen LogP contribution in [-0.4, -0.2) is 12.6 Å². The molecule has 0 spiro atoms. The summed E-state index contributed by atoms with van der Waals surface area (Å²) in [4.78, 5) is 11.9. The molecule has 0 aromatic carbocycles. The maximum Gasteiger partial charge on any atom is 0.305 e. The third kappa shape index (κ3) is 30.7. The highest BCUT2D eigenvalue weighted by Gasteiger charge is 2.02. The van der Waals surface area contributed by atoms with E-state index in [2.05, 4.69) is 50.3 Å². The van der Waals surface area contributed by atoms with Gasteiger partial charge in [-0.05, 0) is 70.6 Å². The Kier molecular flexibility index (Phi) is 30.6. The van der Waals surface area contributed by atoms with Crippen LogP contribution in [0.3, 0.4) is 0 Å². The number of carbonyl (C=O) groups excluding carboxylic acids is 1. The Morgan fingerprint density at radius 2 is 0.861 bits per heavy atom. The Hall–Kier alpha value is -1.31. The highest BCUT2D eigenvalue weighted by atomic mass is 16.5. The first-order chi connectivity index (χ1) is 17.8. The number of hydrogen-bond acceptors (Lipinski definition) is 2. The van der Waals surface area contributed by atoms with Crippen LogP contribution >= 0.6 is 0 Å². The number of ether oxygens (including phenoxy) is 1. The van der Waals surface area contributed by atoms with Gasteiger partial charge in [0, 0.05) is 6.42 Å². The molecule has 0 aromatic heterocycles. The molecular weight excluding hydrogens is 440 g/mol. The zero-order valence-electron chi connectivity index (χ0n) is 24.5. The molecule has 0 heterocycles. The van der Waals surface area contributed by atoms with Crippen molar-refractivity contribution in [2.45, 2.75) is 168 Å². The SMILES string of the molecule is CCCCC/C=C\C/C=C\CCCCCCCCOC(=O)CCCCCCC/C=C\CCCCCC. The summed E-state index contributed by atoms with van der Waals surface area (Å²) in [5.74, 6) is 0.00333. The highest BCUT2D eigenvalue weighted by molar-refractivity contribution is 5.69. The molecule has 0 amide bonds. The second kappa shape index (κ2) is 31.7. The van der Waals surface area contributed by atoms with E-state index in [-0.39, 0.29) is 5.97 Å². The number of unbranched alkanes of at least 4 members (excludes halogenated alkanes) is 18. The van der Waals surface area contributed by atoms with Crippen molar-refractivity contribution in [1.82, 2.24) is 0 Å². The fourth-order valence-electron chi connectivity index (χ4n) is 4.33. The molecule has 0 aliphatic heterocycles. The minimum atomic E-state index is 0.00333. The van der Waals surface area contributed by atoms with Crippen molar-refractivity contribution >= 4 is 5.97 Å². The zero-order valence-corrected chi connectivity index (χ0v) is 24.5. The number of allylic oxidation sites excluding steroid dienone is 6. The molecule has 0 saturated carbocycles. The standard InChI is InChI=1S/C34H62O2/c1-3-5-7-9-11-13-15-17-18-19-21-23-25-27-29-31-33-36-34(35)32-30-28-26-24-22-20-16-14-12-10-8-6-4-2/h11,13-14,16-18H,3-10,12,15,19-33H2,1-2H3/b13-11-,16-14-,18-17-. The van der Waals surface area contributed by atoms with Gasteiger partial charge in [-0.25, -0.2) is 0 Å². The van der Waals surface area contributed by atoms with Crippen LogP contribution in [0.2, 0.25) is 0 Å². The quantitative estimate of drug-likeness (QED) is 0.0604. The number of carbonyl (C=O) groups is 1. The largest absolute Gasteiger partial charge is 0.466 e. The van der Waals surface area contributed by atoms with Crippen LogP contribution in [0.1, 0.15) is 168 Å². The van der Waals surface area contributed by atoms with Crippen LogP contribution in [0.15, 0.2) is 36.5 Å². The fourth-order valence-corrected chi connectivity index (χ4v) is 4.33. The Morgan fingerprint density at radius 1 is 0.472 bits per heavy atom. The average molecular weight is 503 g/mol. The molecule has 0 atom stereocenters. The summed E-state index contributed by atoms with van der Waals surface area (Å²) in [5.41, 5.74) is 0. The van der Waals surface area contributed by atoms with E-state index in [0.29, 0.717) is 13.0 Å². The van der Waals surface area contributed by atoms with Crippen LogP contribution in [-0.2, 0) is 9.53 Å². The van der Waals surface area contributed by atoms with Gasteiger partial charge in [0.2, 0.25) is 0 Å². The van der Waals surface area contributed by atoms with E-state index in [9.17, 15) is 4.79 Å². The van der Waals surface area contributed by atoms with E-state index in [4.69, 9.17) is 4.74 Å². The van der Waals surface area contributed by atoms with Crippen molar-refractivity contribution in [3.8, 4) is 0 Å². The van der Waals surface area contributed by atoms with Crippen molar-refractivity contribution in [2.75, 3.05) is 6.61 Å². The lowest BCUT2D eigenvalue weighted by Crippen LogP contribution is -2.05. The van der Waals surface area contributed by atoms with Crippen molar-refractivity contribution in [3.63, 3.8) is 0 Å². The molecule has 0 saturated heterocycles. The van der Waals surface area contributed by atoms with Gasteiger partial charge in [0.25, 0.3) is 0 Å². The Bertz CT molecular complexity index is 517. The topological polar surface area (TPSA) is 26.3 Å². The first kappa shape index (κ1) is 34.7. The monoisotopic (exact) mass is 502 g/mol. The van der Waals surface area contributed by atoms with Gasteiger partial charge in [-0.15, -0.1) is 0 Å². The van der Waals surface area contributed by atoms with Crippen LogP contribution < -0.4 is 0 Å². The van der Waals surface area contributed by atoms with Gasteiger partial charge in [0.1, 0.15) is 0 Å². The minimum absolute atomic E-state index is 0.00333. The van der Waals surface area contributed by atoms with Crippen LogP contribution in [0.25, 0.3) is 0 Å². The van der Waals surface area contributed by atoms with E-state index in [0.717, 1.165) is 25.7 Å². The van der Waals surface area contributed by atoms with Gasteiger partial charge < -0.3 is 4.74 Å². The van der Waals surface area contributed by atoms with Gasteiger partial charge in [-0.3, -0.25) is 4.79 Å². The summed E-state index contributed by atoms with van der Waals surface area (Å²) in [6.45, 7) is 5.13. The van der Waals surface area contributed by atoms with Crippen LogP contribution in [0.4, 0.5) is 0 Å². The van der Waals surface area contributed by atoms with Crippen molar-refractivity contribution < 1.29 is 9.53 Å². The van der Waals surface area contributed by atoms with Gasteiger partial charge in [-0.1, -0.05) is 127 Å². The Labute approximate surface area is 226 Å². The molecule has 2 heteroatoms. The second-order valence-corrected chi connectivity index (χ2v) is 10.4. The van der Waals surface area contributed by atoms with Crippen molar-refractivity contribution in [3.05, 3.63) is 36.5 Å². The maximum atomic E-state index is 11.9. The molecule has 0 aliphatic rings. The van der Waals surface area contributed by atoms with E-state index < -0.39 is 0 Å². The lowest BCUT2D eigenvalue weighted by molar-refractivity contribution is -0.143. The fraction of sp³-hybridized carbons (Fsp3) is 0.794. The third-order valence-corrected chi connectivity index (χ3v) is 6.75. The predicted molar refractivity (Wildman–Crippen MR) is 161 cm³/mol. The van der Waals surface area contributed by atoms with Crippen LogP contribution in [0.5, 0.6) is 0 Å². The van der Waals surface area contributed by atoms with E-state index in [1.165, 1.54) is 122 Å². The second-order valence-electron chi connectivity index (χ2n) is 10.4. The molecule has 2 nitrogen and oxygen atoms in total. The summed E-state index contributed by atoms with van der Waals surface area (Å²) in [6.07, 6.45) is 43.3. The molecule has 36 heavy (non-hydrogen) atoms. The molecule has 0 aliphatic carbocycles. The lowest BCUT2D eigenvalue weighted by atomic mass is 10.1. The number of esters is 1. The smallest absolute Gasteiger partial charge is 0.305 e. The Morgan fingerprint density at radius 3 is 1.42 bits per heavy atom. The van der Waals surface area contributed by atoms with Gasteiger partial charge in [0.05, 0.1) is 6.61 Å². The number of rotatable bonds is 28. The van der Waals surface area contributed by atoms with Crippen molar-refractivity contribution in [1.29, 1.82) is 0 Å². The first-order valence-electron chi connectivity index (χ1n) is 15.9. The minimum Gasteiger partial charge on any atom is -0.466 e. The lowest BCUT2D eigenvalue weighted by Gasteiger charge is -2.05. The maximum absolute atomic E-state index is 11.9. The summed E-state index contributed by atoms with van der Waals surface area (Å²) >= 11 is 0. The highest BCUT2D eigenvalue weighted by Crippen LogP contribution is 2.11. The molecule has 0 rings (SSSR count). The molecular formula is C34H62O2. The molecule has 0 radical (unpaired) electrons. The summed E-state index contributed by atoms with van der Waals surface area (Å²) in [5, 5.41) is 0. The third-order valence-electron chi connectivity index (χ3n) is 6.75. The zero-order chi connectivity index (χ0) is 26.2. The molecule has 0 bridgehead atoms. The molecule has 0 aromatic rings. The molecule has 210 valence electrons. The van der Waals surface area contributed by atoms with Gasteiger partial charge >= 0.3 is 5.97 Å². The summed E-state index contributed by atoms with van der Waals surface area (Å²) in [7, 11) is 0. The number of hydrogen-bond donors (Lipinski definition) is 0. The molecule has 0 N–H and O–H groups in total. The van der Waals surface area contributed by atoms with Gasteiger partial charge in [-0.2, -0.15) is 0 Å². The Balaban J connectivity index is 3.26. The van der Waals surface area contributed by atoms with E-state index >= 15 is 0 Å². The normalized spacial score (nSPS) is 11.9. The van der Waals surface area contributed by atoms with Gasteiger partial charge in [0.15, 0.2) is 0 Å². The predicted octanol–water partition coefficient (Wildman–Crippen LogP) is 11.6. The van der Waals surface area contributed by atoms with Crippen molar-refractivity contribution in [2.24, 2.45) is 0 Å². The molecule has 0 fully saturated rings. The van der Waals surface area contributed by atoms with Crippen LogP contribution in [0, 0.1) is 0 Å². The first-order valence-corrected chi connectivity index (χ1v) is 15.9. The summed E-state index contributed by atoms with van der Waals surface area (Å²) in [6, 6.07) is 0. The average Bonchev–Trinajstić information content (AvgIpc) is 2.88. The van der Waals surface area contributed by atoms with E-state index in [1.807, 2.05) is 0 Å². The van der Waals surface area contributed by atoms with E-state index in [1.54, 1.807) is 0 Å². The molecule has 0 unspecified atom stereocenters.